The highest BCUT2D eigenvalue weighted by atomic mass is 19.4. The summed E-state index contributed by atoms with van der Waals surface area (Å²) in [5.74, 6) is -2.85. The quantitative estimate of drug-likeness (QED) is 0.649. The fourth-order valence-electron chi connectivity index (χ4n) is 4.50. The molecule has 2 aromatic rings. The van der Waals surface area contributed by atoms with Crippen molar-refractivity contribution in [1.29, 1.82) is 5.26 Å². The van der Waals surface area contributed by atoms with Crippen LogP contribution in [-0.4, -0.2) is 29.3 Å². The zero-order valence-electron chi connectivity index (χ0n) is 16.6. The van der Waals surface area contributed by atoms with Gasteiger partial charge in [0.15, 0.2) is 0 Å². The molecule has 0 aliphatic carbocycles. The molecule has 0 radical (unpaired) electrons. The van der Waals surface area contributed by atoms with Crippen molar-refractivity contribution < 1.29 is 41.0 Å². The molecule has 2 aromatic carbocycles. The molecule has 0 saturated carbocycles. The van der Waals surface area contributed by atoms with Crippen LogP contribution in [0.15, 0.2) is 42.5 Å². The fourth-order valence-corrected chi connectivity index (χ4v) is 4.50. The molecule has 2 bridgehead atoms. The minimum Gasteiger partial charge on any atom is -0.390 e. The maximum Gasteiger partial charge on any atom is 0.416 e. The second kappa shape index (κ2) is 8.04. The molecular formula is C22H16F6N2O3. The largest absolute Gasteiger partial charge is 0.416 e. The van der Waals surface area contributed by atoms with Gasteiger partial charge in [0, 0.05) is 12.3 Å². The third-order valence-corrected chi connectivity index (χ3v) is 5.95. The van der Waals surface area contributed by atoms with Crippen molar-refractivity contribution in [2.45, 2.75) is 43.0 Å². The Hall–Kier alpha value is -3.10. The monoisotopic (exact) mass is 470 g/mol. The lowest BCUT2D eigenvalue weighted by Gasteiger charge is -2.30. The van der Waals surface area contributed by atoms with Gasteiger partial charge < -0.3 is 15.2 Å². The molecule has 2 saturated heterocycles. The number of aliphatic hydroxyl groups excluding tert-OH is 1. The summed E-state index contributed by atoms with van der Waals surface area (Å²) in [5.41, 5.74) is -2.49. The number of carbonyl (C=O) groups excluding carboxylic acids is 1. The van der Waals surface area contributed by atoms with Gasteiger partial charge in [-0.3, -0.25) is 4.79 Å². The number of hydrogen-bond donors (Lipinski definition) is 2. The number of rotatable bonds is 3. The Kier molecular flexibility index (Phi) is 5.62. The zero-order chi connectivity index (χ0) is 24.1. The van der Waals surface area contributed by atoms with E-state index in [1.807, 2.05) is 0 Å². The van der Waals surface area contributed by atoms with Gasteiger partial charge in [0.1, 0.15) is 6.07 Å². The first-order chi connectivity index (χ1) is 15.4. The Balaban J connectivity index is 1.68. The van der Waals surface area contributed by atoms with Crippen molar-refractivity contribution in [3.8, 4) is 6.07 Å². The van der Waals surface area contributed by atoms with Crippen LogP contribution in [0.3, 0.4) is 0 Å². The number of halogens is 6. The highest BCUT2D eigenvalue weighted by Gasteiger charge is 2.57. The summed E-state index contributed by atoms with van der Waals surface area (Å²) in [6, 6.07) is 8.23. The van der Waals surface area contributed by atoms with Crippen LogP contribution in [0.1, 0.15) is 34.6 Å². The van der Waals surface area contributed by atoms with Gasteiger partial charge in [-0.2, -0.15) is 31.6 Å². The van der Waals surface area contributed by atoms with Crippen molar-refractivity contribution in [1.82, 2.24) is 0 Å². The van der Waals surface area contributed by atoms with Gasteiger partial charge in [0.05, 0.1) is 46.6 Å². The number of amides is 1. The number of nitrogens with zero attached hydrogens (tertiary/aromatic N) is 1. The molecule has 2 fully saturated rings. The molecular weight excluding hydrogens is 454 g/mol. The van der Waals surface area contributed by atoms with E-state index in [4.69, 9.17) is 4.74 Å². The molecule has 2 N–H and O–H groups in total. The Morgan fingerprint density at radius 1 is 1.06 bits per heavy atom. The second-order valence-corrected chi connectivity index (χ2v) is 7.98. The molecule has 174 valence electrons. The Bertz CT molecular complexity index is 1120. The van der Waals surface area contributed by atoms with E-state index in [1.165, 1.54) is 12.1 Å². The van der Waals surface area contributed by atoms with Crippen molar-refractivity contribution in [3.63, 3.8) is 0 Å². The number of anilines is 1. The smallest absolute Gasteiger partial charge is 0.390 e. The molecule has 2 aliphatic rings. The van der Waals surface area contributed by atoms with E-state index in [1.54, 1.807) is 6.07 Å². The lowest BCUT2D eigenvalue weighted by Crippen LogP contribution is -2.41. The highest BCUT2D eigenvalue weighted by molar-refractivity contribution is 5.95. The Labute approximate surface area is 183 Å². The third kappa shape index (κ3) is 4.28. The highest BCUT2D eigenvalue weighted by Crippen LogP contribution is 2.50. The van der Waals surface area contributed by atoms with Crippen LogP contribution in [-0.2, 0) is 21.9 Å². The van der Waals surface area contributed by atoms with E-state index in [9.17, 15) is 41.5 Å². The number of fused-ring (bicyclic) bond motifs is 2. The van der Waals surface area contributed by atoms with Gasteiger partial charge in [-0.15, -0.1) is 0 Å². The molecule has 4 rings (SSSR count). The lowest BCUT2D eigenvalue weighted by molar-refractivity contribution is -0.138. The first kappa shape index (κ1) is 23.1. The first-order valence-electron chi connectivity index (χ1n) is 9.83. The Morgan fingerprint density at radius 3 is 2.36 bits per heavy atom. The van der Waals surface area contributed by atoms with Crippen LogP contribution in [0, 0.1) is 17.2 Å². The maximum atomic E-state index is 13.2. The van der Waals surface area contributed by atoms with E-state index < -0.39 is 59.5 Å². The molecule has 5 nitrogen and oxygen atoms in total. The summed E-state index contributed by atoms with van der Waals surface area (Å²) < 4.78 is 84.5. The number of benzene rings is 2. The minimum atomic E-state index is -4.71. The minimum absolute atomic E-state index is 0.0475. The molecule has 33 heavy (non-hydrogen) atoms. The zero-order valence-corrected chi connectivity index (χ0v) is 16.6. The molecule has 2 aliphatic heterocycles. The van der Waals surface area contributed by atoms with Crippen molar-refractivity contribution in [3.05, 3.63) is 64.7 Å². The average Bonchev–Trinajstić information content (AvgIpc) is 3.29. The fraction of sp³-hybridized carbons (Fsp3) is 0.364. The van der Waals surface area contributed by atoms with Gasteiger partial charge in [-0.1, -0.05) is 18.2 Å². The van der Waals surface area contributed by atoms with Crippen molar-refractivity contribution in [2.75, 3.05) is 5.32 Å². The van der Waals surface area contributed by atoms with Crippen LogP contribution >= 0.6 is 0 Å². The predicted octanol–water partition coefficient (Wildman–Crippen LogP) is 4.47. The Morgan fingerprint density at radius 2 is 1.73 bits per heavy atom. The SMILES string of the molecule is N#Cc1ccc(C(F)(F)F)cc1NC(=O)[C@H]1[C@H](c2cccc(C(F)(F)F)c2)[C@@H]2O[C@H]1C[C@H]2O. The average molecular weight is 470 g/mol. The second-order valence-electron chi connectivity index (χ2n) is 7.98. The van der Waals surface area contributed by atoms with Gasteiger partial charge in [-0.25, -0.2) is 0 Å². The predicted molar refractivity (Wildman–Crippen MR) is 102 cm³/mol. The van der Waals surface area contributed by atoms with Crippen LogP contribution in [0.5, 0.6) is 0 Å². The number of carbonyl (C=O) groups is 1. The van der Waals surface area contributed by atoms with E-state index in [0.717, 1.165) is 18.2 Å². The topological polar surface area (TPSA) is 82.4 Å². The molecule has 11 heteroatoms. The van der Waals surface area contributed by atoms with Crippen molar-refractivity contribution >= 4 is 11.6 Å². The molecule has 1 amide bonds. The molecule has 0 unspecified atom stereocenters. The van der Waals surface area contributed by atoms with Gasteiger partial charge in [0.25, 0.3) is 0 Å². The lowest BCUT2D eigenvalue weighted by atomic mass is 9.73. The summed E-state index contributed by atoms with van der Waals surface area (Å²) in [7, 11) is 0. The van der Waals surface area contributed by atoms with E-state index >= 15 is 0 Å². The number of aliphatic hydroxyl groups is 1. The summed E-state index contributed by atoms with van der Waals surface area (Å²) in [6.07, 6.45) is -12.1. The number of alkyl halides is 6. The molecule has 0 aromatic heterocycles. The molecule has 5 atom stereocenters. The maximum absolute atomic E-state index is 13.2. The third-order valence-electron chi connectivity index (χ3n) is 5.95. The van der Waals surface area contributed by atoms with E-state index in [-0.39, 0.29) is 23.2 Å². The number of nitriles is 1. The number of nitrogens with one attached hydrogen (secondary N) is 1. The number of hydrogen-bond acceptors (Lipinski definition) is 4. The summed E-state index contributed by atoms with van der Waals surface area (Å²) in [4.78, 5) is 13.1. The van der Waals surface area contributed by atoms with Crippen LogP contribution < -0.4 is 5.32 Å². The van der Waals surface area contributed by atoms with Gasteiger partial charge >= 0.3 is 12.4 Å². The summed E-state index contributed by atoms with van der Waals surface area (Å²) >= 11 is 0. The van der Waals surface area contributed by atoms with E-state index in [0.29, 0.717) is 12.1 Å². The number of ether oxygens (including phenoxy) is 1. The van der Waals surface area contributed by atoms with Crippen LogP contribution in [0.2, 0.25) is 0 Å². The van der Waals surface area contributed by atoms with E-state index in [2.05, 4.69) is 5.32 Å². The molecule has 2 heterocycles. The molecule has 0 spiro atoms. The van der Waals surface area contributed by atoms with Crippen molar-refractivity contribution in [2.24, 2.45) is 5.92 Å². The van der Waals surface area contributed by atoms with Gasteiger partial charge in [-0.05, 0) is 29.8 Å². The normalized spacial score (nSPS) is 26.8. The van der Waals surface area contributed by atoms with Gasteiger partial charge in [0.2, 0.25) is 5.91 Å². The first-order valence-corrected chi connectivity index (χ1v) is 9.83. The standard InChI is InChI=1S/C22H16F6N2O3/c23-21(24,25)12-3-1-2-10(6-12)17-18(16-8-15(31)19(17)33-16)20(32)30-14-7-13(22(26,27)28)5-4-11(14)9-29/h1-7,15-19,31H,8H2,(H,30,32)/t15-,16+,17+,18-,19-/m1/s1. The summed E-state index contributed by atoms with van der Waals surface area (Å²) in [6.45, 7) is 0. The van der Waals surface area contributed by atoms with Crippen LogP contribution in [0.4, 0.5) is 32.0 Å². The van der Waals surface area contributed by atoms with Crippen LogP contribution in [0.25, 0.3) is 0 Å². The summed E-state index contributed by atoms with van der Waals surface area (Å²) in [5, 5.41) is 21.8.